The second-order valence-electron chi connectivity index (χ2n) is 5.06. The highest BCUT2D eigenvalue weighted by Crippen LogP contribution is 2.32. The van der Waals surface area contributed by atoms with E-state index in [2.05, 4.69) is 12.2 Å². The molecule has 1 saturated carbocycles. The van der Waals surface area contributed by atoms with E-state index in [0.29, 0.717) is 12.5 Å². The summed E-state index contributed by atoms with van der Waals surface area (Å²) in [4.78, 5) is 10.1. The molecule has 1 N–H and O–H groups in total. The lowest BCUT2D eigenvalue weighted by atomic mass is 10.1. The Kier molecular flexibility index (Phi) is 3.79. The highest BCUT2D eigenvalue weighted by atomic mass is 19.1. The SMILES string of the molecule is CC1CCC(CNc2cccc(F)c2[N+](=O)[O-])C1. The fraction of sp³-hybridized carbons (Fsp3) is 0.538. The van der Waals surface area contributed by atoms with E-state index >= 15 is 0 Å². The van der Waals surface area contributed by atoms with Crippen molar-refractivity contribution < 1.29 is 9.31 Å². The Hall–Kier alpha value is -1.65. The molecule has 1 fully saturated rings. The fourth-order valence-corrected chi connectivity index (χ4v) is 2.61. The van der Waals surface area contributed by atoms with Crippen molar-refractivity contribution in [1.82, 2.24) is 0 Å². The van der Waals surface area contributed by atoms with E-state index in [4.69, 9.17) is 0 Å². The van der Waals surface area contributed by atoms with E-state index in [1.165, 1.54) is 12.5 Å². The highest BCUT2D eigenvalue weighted by molar-refractivity contribution is 5.61. The summed E-state index contributed by atoms with van der Waals surface area (Å²) >= 11 is 0. The first-order valence-electron chi connectivity index (χ1n) is 6.24. The van der Waals surface area contributed by atoms with E-state index in [0.717, 1.165) is 24.8 Å². The Morgan fingerprint density at radius 1 is 1.50 bits per heavy atom. The predicted octanol–water partition coefficient (Wildman–Crippen LogP) is 3.58. The maximum Gasteiger partial charge on any atom is 0.327 e. The van der Waals surface area contributed by atoms with Crippen molar-refractivity contribution in [3.63, 3.8) is 0 Å². The average Bonchev–Trinajstić information content (AvgIpc) is 2.72. The van der Waals surface area contributed by atoms with Gasteiger partial charge in [0.05, 0.1) is 4.92 Å². The normalized spacial score (nSPS) is 23.0. The molecule has 2 atom stereocenters. The van der Waals surface area contributed by atoms with Crippen LogP contribution in [0.3, 0.4) is 0 Å². The molecular weight excluding hydrogens is 235 g/mol. The molecule has 2 unspecified atom stereocenters. The van der Waals surface area contributed by atoms with Crippen LogP contribution in [0.4, 0.5) is 15.8 Å². The molecule has 0 aromatic heterocycles. The summed E-state index contributed by atoms with van der Waals surface area (Å²) in [6.45, 7) is 2.89. The topological polar surface area (TPSA) is 55.2 Å². The van der Waals surface area contributed by atoms with Crippen LogP contribution in [-0.2, 0) is 0 Å². The van der Waals surface area contributed by atoms with Crippen molar-refractivity contribution in [2.24, 2.45) is 11.8 Å². The van der Waals surface area contributed by atoms with Crippen LogP contribution in [0.5, 0.6) is 0 Å². The zero-order valence-electron chi connectivity index (χ0n) is 10.4. The number of rotatable bonds is 4. The number of hydrogen-bond acceptors (Lipinski definition) is 3. The molecule has 0 bridgehead atoms. The van der Waals surface area contributed by atoms with Gasteiger partial charge in [0.15, 0.2) is 0 Å². The van der Waals surface area contributed by atoms with Gasteiger partial charge in [0.1, 0.15) is 5.69 Å². The molecular formula is C13H17FN2O2. The monoisotopic (exact) mass is 252 g/mol. The standard InChI is InChI=1S/C13H17FN2O2/c1-9-5-6-10(7-9)8-15-12-4-2-3-11(14)13(12)16(17)18/h2-4,9-10,15H,5-8H2,1H3. The molecule has 1 aromatic carbocycles. The van der Waals surface area contributed by atoms with E-state index in [1.54, 1.807) is 6.07 Å². The second kappa shape index (κ2) is 5.33. The number of anilines is 1. The molecule has 1 aliphatic carbocycles. The highest BCUT2D eigenvalue weighted by Gasteiger charge is 2.23. The van der Waals surface area contributed by atoms with Crippen molar-refractivity contribution >= 4 is 11.4 Å². The van der Waals surface area contributed by atoms with Gasteiger partial charge in [-0.25, -0.2) is 0 Å². The number of halogens is 1. The third kappa shape index (κ3) is 2.78. The van der Waals surface area contributed by atoms with Gasteiger partial charge in [-0.3, -0.25) is 10.1 Å². The molecule has 5 heteroatoms. The fourth-order valence-electron chi connectivity index (χ4n) is 2.61. The zero-order chi connectivity index (χ0) is 13.1. The van der Waals surface area contributed by atoms with Gasteiger partial charge in [0, 0.05) is 6.54 Å². The Balaban J connectivity index is 2.05. The van der Waals surface area contributed by atoms with E-state index in [9.17, 15) is 14.5 Å². The van der Waals surface area contributed by atoms with Gasteiger partial charge in [-0.2, -0.15) is 4.39 Å². The summed E-state index contributed by atoms with van der Waals surface area (Å²) in [5, 5.41) is 13.8. The number of benzene rings is 1. The minimum atomic E-state index is -0.787. The van der Waals surface area contributed by atoms with Crippen molar-refractivity contribution in [2.45, 2.75) is 26.2 Å². The quantitative estimate of drug-likeness (QED) is 0.658. The third-order valence-corrected chi connectivity index (χ3v) is 3.55. The van der Waals surface area contributed by atoms with Gasteiger partial charge in [-0.05, 0) is 36.8 Å². The van der Waals surface area contributed by atoms with E-state index in [-0.39, 0.29) is 5.69 Å². The van der Waals surface area contributed by atoms with Crippen molar-refractivity contribution in [1.29, 1.82) is 0 Å². The molecule has 0 heterocycles. The second-order valence-corrected chi connectivity index (χ2v) is 5.06. The van der Waals surface area contributed by atoms with Crippen molar-refractivity contribution in [2.75, 3.05) is 11.9 Å². The smallest absolute Gasteiger partial charge is 0.327 e. The average molecular weight is 252 g/mol. The minimum absolute atomic E-state index is 0.277. The molecule has 1 aromatic rings. The minimum Gasteiger partial charge on any atom is -0.379 e. The summed E-state index contributed by atoms with van der Waals surface area (Å²) in [5.41, 5.74) is -0.178. The number of para-hydroxylation sites is 1. The van der Waals surface area contributed by atoms with Gasteiger partial charge < -0.3 is 5.32 Å². The van der Waals surface area contributed by atoms with Crippen LogP contribution in [0.1, 0.15) is 26.2 Å². The van der Waals surface area contributed by atoms with E-state index < -0.39 is 16.4 Å². The van der Waals surface area contributed by atoms with Crippen LogP contribution in [0.2, 0.25) is 0 Å². The number of nitro groups is 1. The number of hydrogen-bond donors (Lipinski definition) is 1. The molecule has 1 aliphatic rings. The third-order valence-electron chi connectivity index (χ3n) is 3.55. The lowest BCUT2D eigenvalue weighted by molar-refractivity contribution is -0.386. The van der Waals surface area contributed by atoms with Crippen LogP contribution in [0.25, 0.3) is 0 Å². The summed E-state index contributed by atoms with van der Waals surface area (Å²) in [6, 6.07) is 4.16. The summed E-state index contributed by atoms with van der Waals surface area (Å²) in [5.74, 6) is 0.465. The Morgan fingerprint density at radius 3 is 2.89 bits per heavy atom. The van der Waals surface area contributed by atoms with Gasteiger partial charge in [-0.1, -0.05) is 19.4 Å². The molecule has 98 valence electrons. The number of nitro benzene ring substituents is 1. The van der Waals surface area contributed by atoms with Crippen LogP contribution in [0.15, 0.2) is 18.2 Å². The molecule has 0 saturated heterocycles. The van der Waals surface area contributed by atoms with Gasteiger partial charge in [-0.15, -0.1) is 0 Å². The van der Waals surface area contributed by atoms with Gasteiger partial charge >= 0.3 is 5.69 Å². The molecule has 0 spiro atoms. The number of nitrogens with zero attached hydrogens (tertiary/aromatic N) is 1. The van der Waals surface area contributed by atoms with Gasteiger partial charge in [0.25, 0.3) is 0 Å². The van der Waals surface area contributed by atoms with Crippen molar-refractivity contribution in [3.05, 3.63) is 34.1 Å². The molecule has 0 radical (unpaired) electrons. The summed E-state index contributed by atoms with van der Waals surface area (Å²) < 4.78 is 13.4. The first-order chi connectivity index (χ1) is 8.58. The predicted molar refractivity (Wildman–Crippen MR) is 68.0 cm³/mol. The maximum atomic E-state index is 13.4. The maximum absolute atomic E-state index is 13.4. The van der Waals surface area contributed by atoms with Gasteiger partial charge in [0.2, 0.25) is 5.82 Å². The van der Waals surface area contributed by atoms with Crippen LogP contribution >= 0.6 is 0 Å². The summed E-state index contributed by atoms with van der Waals surface area (Å²) in [7, 11) is 0. The molecule has 2 rings (SSSR count). The first kappa shape index (κ1) is 12.8. The van der Waals surface area contributed by atoms with Crippen LogP contribution in [0, 0.1) is 27.8 Å². The lowest BCUT2D eigenvalue weighted by Gasteiger charge is -2.12. The molecule has 0 amide bonds. The lowest BCUT2D eigenvalue weighted by Crippen LogP contribution is -2.13. The zero-order valence-corrected chi connectivity index (χ0v) is 10.4. The van der Waals surface area contributed by atoms with Crippen LogP contribution < -0.4 is 5.32 Å². The van der Waals surface area contributed by atoms with Crippen LogP contribution in [-0.4, -0.2) is 11.5 Å². The Labute approximate surface area is 105 Å². The number of nitrogens with one attached hydrogen (secondary N) is 1. The largest absolute Gasteiger partial charge is 0.379 e. The Morgan fingerprint density at radius 2 is 2.28 bits per heavy atom. The first-order valence-corrected chi connectivity index (χ1v) is 6.24. The molecule has 4 nitrogen and oxygen atoms in total. The molecule has 0 aliphatic heterocycles. The van der Waals surface area contributed by atoms with E-state index in [1.807, 2.05) is 0 Å². The Bertz CT molecular complexity index is 451. The summed E-state index contributed by atoms with van der Waals surface area (Å²) in [6.07, 6.45) is 3.48. The van der Waals surface area contributed by atoms with Crippen molar-refractivity contribution in [3.8, 4) is 0 Å². The molecule has 18 heavy (non-hydrogen) atoms.